The third-order valence-electron chi connectivity index (χ3n) is 5.50. The zero-order valence-corrected chi connectivity index (χ0v) is 18.3. The van der Waals surface area contributed by atoms with E-state index in [1.165, 1.54) is 24.0 Å². The van der Waals surface area contributed by atoms with Gasteiger partial charge in [-0.25, -0.2) is 4.98 Å². The summed E-state index contributed by atoms with van der Waals surface area (Å²) in [5.41, 5.74) is 3.60. The summed E-state index contributed by atoms with van der Waals surface area (Å²) in [6, 6.07) is 8.13. The summed E-state index contributed by atoms with van der Waals surface area (Å²) in [5, 5.41) is 4.58. The number of carbonyl (C=O) groups excluding carboxylic acids is 2. The van der Waals surface area contributed by atoms with E-state index >= 15 is 0 Å². The summed E-state index contributed by atoms with van der Waals surface area (Å²) in [5.74, 6) is -0.513. The molecule has 1 fully saturated rings. The van der Waals surface area contributed by atoms with Gasteiger partial charge in [-0.2, -0.15) is 0 Å². The monoisotopic (exact) mass is 440 g/mol. The fourth-order valence-electron chi connectivity index (χ4n) is 3.76. The van der Waals surface area contributed by atoms with E-state index in [2.05, 4.69) is 15.0 Å². The van der Waals surface area contributed by atoms with E-state index in [9.17, 15) is 14.4 Å². The van der Waals surface area contributed by atoms with Gasteiger partial charge in [0.1, 0.15) is 11.2 Å². The lowest BCUT2D eigenvalue weighted by Crippen LogP contribution is -2.45. The highest BCUT2D eigenvalue weighted by Crippen LogP contribution is 2.32. The molecular weight excluding hydrogens is 416 g/mol. The topological polar surface area (TPSA) is 104 Å². The number of nitrogens with one attached hydrogen (secondary N) is 2. The number of nitrogens with zero attached hydrogens (tertiary/aromatic N) is 2. The summed E-state index contributed by atoms with van der Waals surface area (Å²) in [6.07, 6.45) is 1.50. The van der Waals surface area contributed by atoms with Crippen molar-refractivity contribution in [3.05, 3.63) is 45.6 Å². The second kappa shape index (κ2) is 8.89. The Morgan fingerprint density at radius 2 is 2.10 bits per heavy atom. The third-order valence-corrected chi connectivity index (χ3v) is 6.47. The molecule has 31 heavy (non-hydrogen) atoms. The minimum absolute atomic E-state index is 0.151. The molecule has 0 saturated carbocycles. The van der Waals surface area contributed by atoms with Crippen molar-refractivity contribution in [1.29, 1.82) is 0 Å². The van der Waals surface area contributed by atoms with Crippen molar-refractivity contribution in [1.82, 2.24) is 15.3 Å². The van der Waals surface area contributed by atoms with E-state index in [4.69, 9.17) is 4.98 Å². The van der Waals surface area contributed by atoms with Gasteiger partial charge in [0, 0.05) is 24.0 Å². The van der Waals surface area contributed by atoms with E-state index in [1.54, 1.807) is 0 Å². The Labute approximate surface area is 183 Å². The van der Waals surface area contributed by atoms with Crippen LogP contribution in [0, 0.1) is 12.8 Å². The number of hydrogen-bond acceptors (Lipinski definition) is 7. The smallest absolute Gasteiger partial charge is 0.325 e. The number of amides is 1. The number of ether oxygens (including phenoxy) is 1. The van der Waals surface area contributed by atoms with Gasteiger partial charge >= 0.3 is 5.97 Å². The number of aryl methyl sites for hydroxylation is 1. The number of aromatic nitrogens is 2. The maximum Gasteiger partial charge on any atom is 0.325 e. The highest BCUT2D eigenvalue weighted by atomic mass is 32.1. The van der Waals surface area contributed by atoms with Crippen LogP contribution < -0.4 is 15.8 Å². The van der Waals surface area contributed by atoms with E-state index in [0.29, 0.717) is 35.7 Å². The molecule has 9 heteroatoms. The molecule has 0 aliphatic carbocycles. The van der Waals surface area contributed by atoms with Crippen molar-refractivity contribution >= 4 is 39.4 Å². The maximum absolute atomic E-state index is 12.7. The molecule has 8 nitrogen and oxygen atoms in total. The van der Waals surface area contributed by atoms with Gasteiger partial charge in [-0.3, -0.25) is 19.4 Å². The number of hydrogen-bond donors (Lipinski definition) is 2. The molecule has 162 valence electrons. The Balaban J connectivity index is 1.59. The van der Waals surface area contributed by atoms with Crippen LogP contribution in [0.3, 0.4) is 0 Å². The van der Waals surface area contributed by atoms with Crippen molar-refractivity contribution < 1.29 is 14.3 Å². The largest absolute Gasteiger partial charge is 0.468 e. The number of H-pyrrole nitrogens is 1. The fraction of sp³-hybridized carbons (Fsp3) is 0.364. The molecular formula is C22H24N4O4S. The van der Waals surface area contributed by atoms with Crippen molar-refractivity contribution in [2.24, 2.45) is 5.92 Å². The van der Waals surface area contributed by atoms with Crippen LogP contribution in [0.15, 0.2) is 34.4 Å². The molecule has 0 radical (unpaired) electrons. The SMILES string of the molecule is COC(=O)CNC(=O)[C@H]1CCCN(c2nc3c(-c4ccc(C)cc4)csc3c(=O)[nH]2)C1. The van der Waals surface area contributed by atoms with E-state index in [1.807, 2.05) is 41.5 Å². The van der Waals surface area contributed by atoms with Crippen LogP contribution in [-0.2, 0) is 14.3 Å². The van der Waals surface area contributed by atoms with Crippen LogP contribution in [0.1, 0.15) is 18.4 Å². The van der Waals surface area contributed by atoms with Gasteiger partial charge in [-0.1, -0.05) is 29.8 Å². The molecule has 1 amide bonds. The van der Waals surface area contributed by atoms with Crippen LogP contribution >= 0.6 is 11.3 Å². The minimum Gasteiger partial charge on any atom is -0.468 e. The molecule has 4 rings (SSSR count). The summed E-state index contributed by atoms with van der Waals surface area (Å²) >= 11 is 1.38. The van der Waals surface area contributed by atoms with Crippen molar-refractivity contribution in [3.8, 4) is 11.1 Å². The number of fused-ring (bicyclic) bond motifs is 1. The molecule has 3 aromatic rings. The van der Waals surface area contributed by atoms with Gasteiger partial charge in [0.2, 0.25) is 11.9 Å². The molecule has 1 atom stereocenters. The first-order valence-electron chi connectivity index (χ1n) is 10.1. The van der Waals surface area contributed by atoms with Crippen LogP contribution in [0.2, 0.25) is 0 Å². The average Bonchev–Trinajstić information content (AvgIpc) is 3.22. The first-order valence-corrected chi connectivity index (χ1v) is 11.0. The van der Waals surface area contributed by atoms with Gasteiger partial charge < -0.3 is 15.0 Å². The van der Waals surface area contributed by atoms with Crippen molar-refractivity contribution in [2.45, 2.75) is 19.8 Å². The number of benzene rings is 1. The van der Waals surface area contributed by atoms with Crippen LogP contribution in [-0.4, -0.2) is 48.6 Å². The van der Waals surface area contributed by atoms with Gasteiger partial charge in [0.25, 0.3) is 5.56 Å². The number of anilines is 1. The molecule has 0 bridgehead atoms. The lowest BCUT2D eigenvalue weighted by Gasteiger charge is -2.32. The lowest BCUT2D eigenvalue weighted by molar-refractivity contribution is -0.141. The zero-order valence-electron chi connectivity index (χ0n) is 17.4. The van der Waals surface area contributed by atoms with Gasteiger partial charge in [0.05, 0.1) is 18.5 Å². The van der Waals surface area contributed by atoms with Crippen molar-refractivity contribution in [3.63, 3.8) is 0 Å². The normalized spacial score (nSPS) is 16.3. The molecule has 2 N–H and O–H groups in total. The molecule has 0 unspecified atom stereocenters. The molecule has 1 aliphatic heterocycles. The lowest BCUT2D eigenvalue weighted by atomic mass is 9.97. The Bertz CT molecular complexity index is 1170. The first kappa shape index (κ1) is 21.0. The number of methoxy groups -OCH3 is 1. The number of rotatable bonds is 5. The van der Waals surface area contributed by atoms with Gasteiger partial charge in [0.15, 0.2) is 0 Å². The Morgan fingerprint density at radius 1 is 1.32 bits per heavy atom. The Hall–Kier alpha value is -3.20. The van der Waals surface area contributed by atoms with E-state index < -0.39 is 5.97 Å². The second-order valence-corrected chi connectivity index (χ2v) is 8.54. The zero-order chi connectivity index (χ0) is 22.0. The summed E-state index contributed by atoms with van der Waals surface area (Å²) in [6.45, 7) is 3.00. The van der Waals surface area contributed by atoms with Crippen LogP contribution in [0.4, 0.5) is 5.95 Å². The fourth-order valence-corrected chi connectivity index (χ4v) is 4.67. The number of piperidine rings is 1. The number of esters is 1. The van der Waals surface area contributed by atoms with E-state index in [0.717, 1.165) is 17.5 Å². The summed E-state index contributed by atoms with van der Waals surface area (Å²) < 4.78 is 5.15. The second-order valence-electron chi connectivity index (χ2n) is 7.66. The molecule has 1 aliphatic rings. The first-order chi connectivity index (χ1) is 15.0. The number of thiophene rings is 1. The van der Waals surface area contributed by atoms with Gasteiger partial charge in [-0.15, -0.1) is 11.3 Å². The predicted octanol–water partition coefficient (Wildman–Crippen LogP) is 2.47. The van der Waals surface area contributed by atoms with Crippen molar-refractivity contribution in [2.75, 3.05) is 31.6 Å². The highest BCUT2D eigenvalue weighted by molar-refractivity contribution is 7.17. The van der Waals surface area contributed by atoms with Crippen LogP contribution in [0.25, 0.3) is 21.3 Å². The van der Waals surface area contributed by atoms with Crippen LogP contribution in [0.5, 0.6) is 0 Å². The standard InChI is InChI=1S/C22H24N4O4S/c1-13-5-7-14(8-6-13)16-12-31-19-18(16)24-22(25-21(19)29)26-9-3-4-15(11-26)20(28)23-10-17(27)30-2/h5-8,12,15H,3-4,9-11H2,1-2H3,(H,23,28)(H,24,25,29)/t15-/m0/s1. The van der Waals surface area contributed by atoms with Gasteiger partial charge in [-0.05, 0) is 25.3 Å². The Kier molecular flexibility index (Phi) is 6.03. The predicted molar refractivity (Wildman–Crippen MR) is 120 cm³/mol. The van der Waals surface area contributed by atoms with E-state index in [-0.39, 0.29) is 23.9 Å². The third kappa shape index (κ3) is 4.46. The summed E-state index contributed by atoms with van der Waals surface area (Å²) in [4.78, 5) is 46.1. The molecule has 2 aromatic heterocycles. The average molecular weight is 441 g/mol. The highest BCUT2D eigenvalue weighted by Gasteiger charge is 2.28. The molecule has 1 aromatic carbocycles. The molecule has 1 saturated heterocycles. The quantitative estimate of drug-likeness (QED) is 0.591. The maximum atomic E-state index is 12.7. The number of carbonyl (C=O) groups is 2. The number of aromatic amines is 1. The Morgan fingerprint density at radius 3 is 2.84 bits per heavy atom. The molecule has 3 heterocycles. The minimum atomic E-state index is -0.487. The summed E-state index contributed by atoms with van der Waals surface area (Å²) in [7, 11) is 1.28. The molecule has 0 spiro atoms.